The summed E-state index contributed by atoms with van der Waals surface area (Å²) in [6.45, 7) is 0.436. The van der Waals surface area contributed by atoms with Gasteiger partial charge in [-0.05, 0) is 18.9 Å². The lowest BCUT2D eigenvalue weighted by molar-refractivity contribution is 0.164. The Labute approximate surface area is 108 Å². The summed E-state index contributed by atoms with van der Waals surface area (Å²) in [5.74, 6) is -0.326. The molecule has 0 aromatic heterocycles. The Balaban J connectivity index is 1.84. The van der Waals surface area contributed by atoms with Crippen molar-refractivity contribution in [2.24, 2.45) is 0 Å². The second kappa shape index (κ2) is 6.86. The van der Waals surface area contributed by atoms with Crippen LogP contribution in [0.3, 0.4) is 0 Å². The highest BCUT2D eigenvalue weighted by molar-refractivity contribution is 5.19. The third-order valence-corrected chi connectivity index (χ3v) is 3.72. The molecule has 0 saturated heterocycles. The Morgan fingerprint density at radius 2 is 1.83 bits per heavy atom. The van der Waals surface area contributed by atoms with Gasteiger partial charge in [-0.25, -0.2) is 4.39 Å². The highest BCUT2D eigenvalue weighted by Crippen LogP contribution is 2.19. The SMILES string of the molecule is OC(CNC1CCCCCC1)c1ccccc1F. The summed E-state index contributed by atoms with van der Waals surface area (Å²) >= 11 is 0. The first-order valence-electron chi connectivity index (χ1n) is 6.93. The Morgan fingerprint density at radius 1 is 1.17 bits per heavy atom. The number of hydrogen-bond donors (Lipinski definition) is 2. The molecule has 0 heterocycles. The van der Waals surface area contributed by atoms with Gasteiger partial charge in [0, 0.05) is 18.2 Å². The van der Waals surface area contributed by atoms with Crippen molar-refractivity contribution in [3.8, 4) is 0 Å². The molecule has 0 spiro atoms. The van der Waals surface area contributed by atoms with Crippen LogP contribution in [0, 0.1) is 5.82 Å². The minimum Gasteiger partial charge on any atom is -0.387 e. The fraction of sp³-hybridized carbons (Fsp3) is 0.600. The average molecular weight is 251 g/mol. The molecule has 1 aliphatic carbocycles. The van der Waals surface area contributed by atoms with Gasteiger partial charge in [0.05, 0.1) is 6.10 Å². The van der Waals surface area contributed by atoms with Crippen molar-refractivity contribution in [1.29, 1.82) is 0 Å². The third-order valence-electron chi connectivity index (χ3n) is 3.72. The Hall–Kier alpha value is -0.930. The summed E-state index contributed by atoms with van der Waals surface area (Å²) in [6, 6.07) is 6.92. The second-order valence-electron chi connectivity index (χ2n) is 5.13. The molecule has 0 aliphatic heterocycles. The number of rotatable bonds is 4. The number of benzene rings is 1. The molecular weight excluding hydrogens is 229 g/mol. The number of nitrogens with one attached hydrogen (secondary N) is 1. The highest BCUT2D eigenvalue weighted by Gasteiger charge is 2.16. The molecule has 18 heavy (non-hydrogen) atoms. The number of aliphatic hydroxyl groups is 1. The predicted octanol–water partition coefficient (Wildman–Crippen LogP) is 3.17. The van der Waals surface area contributed by atoms with Gasteiger partial charge in [-0.1, -0.05) is 43.9 Å². The van der Waals surface area contributed by atoms with Gasteiger partial charge >= 0.3 is 0 Å². The lowest BCUT2D eigenvalue weighted by atomic mass is 10.1. The summed E-state index contributed by atoms with van der Waals surface area (Å²) in [4.78, 5) is 0. The minimum atomic E-state index is -0.755. The first-order chi connectivity index (χ1) is 8.77. The second-order valence-corrected chi connectivity index (χ2v) is 5.13. The van der Waals surface area contributed by atoms with Crippen molar-refractivity contribution in [2.45, 2.75) is 50.7 Å². The number of halogens is 1. The number of hydrogen-bond acceptors (Lipinski definition) is 2. The summed E-state index contributed by atoms with van der Waals surface area (Å²) in [5.41, 5.74) is 0.388. The van der Waals surface area contributed by atoms with Crippen LogP contribution in [-0.4, -0.2) is 17.7 Å². The van der Waals surface area contributed by atoms with Crippen molar-refractivity contribution < 1.29 is 9.50 Å². The molecule has 0 radical (unpaired) electrons. The van der Waals surface area contributed by atoms with E-state index >= 15 is 0 Å². The third kappa shape index (κ3) is 3.79. The van der Waals surface area contributed by atoms with E-state index in [9.17, 15) is 9.50 Å². The quantitative estimate of drug-likeness (QED) is 0.806. The van der Waals surface area contributed by atoms with Crippen LogP contribution in [0.15, 0.2) is 24.3 Å². The van der Waals surface area contributed by atoms with Gasteiger partial charge < -0.3 is 10.4 Å². The van der Waals surface area contributed by atoms with Crippen LogP contribution in [0.2, 0.25) is 0 Å². The smallest absolute Gasteiger partial charge is 0.129 e. The van der Waals surface area contributed by atoms with Crippen LogP contribution in [0.1, 0.15) is 50.2 Å². The molecule has 0 amide bonds. The topological polar surface area (TPSA) is 32.3 Å². The van der Waals surface area contributed by atoms with Crippen LogP contribution in [-0.2, 0) is 0 Å². The van der Waals surface area contributed by atoms with Crippen LogP contribution >= 0.6 is 0 Å². The lowest BCUT2D eigenvalue weighted by Crippen LogP contribution is -2.32. The first-order valence-corrected chi connectivity index (χ1v) is 6.93. The molecule has 1 saturated carbocycles. The molecule has 1 atom stereocenters. The maximum absolute atomic E-state index is 13.5. The standard InChI is InChI=1S/C15H22FNO/c16-14-10-6-5-9-13(14)15(18)11-17-12-7-3-1-2-4-8-12/h5-6,9-10,12,15,17-18H,1-4,7-8,11H2. The zero-order chi connectivity index (χ0) is 12.8. The van der Waals surface area contributed by atoms with Crippen molar-refractivity contribution in [3.05, 3.63) is 35.6 Å². The molecule has 1 aromatic rings. The molecule has 2 N–H and O–H groups in total. The molecule has 1 unspecified atom stereocenters. The van der Waals surface area contributed by atoms with E-state index in [0.717, 1.165) is 0 Å². The maximum Gasteiger partial charge on any atom is 0.129 e. The Morgan fingerprint density at radius 3 is 2.50 bits per heavy atom. The van der Waals surface area contributed by atoms with Crippen molar-refractivity contribution in [3.63, 3.8) is 0 Å². The van der Waals surface area contributed by atoms with E-state index in [-0.39, 0.29) is 5.82 Å². The summed E-state index contributed by atoms with van der Waals surface area (Å²) in [5, 5.41) is 13.4. The zero-order valence-corrected chi connectivity index (χ0v) is 10.7. The van der Waals surface area contributed by atoms with Gasteiger partial charge in [-0.15, -0.1) is 0 Å². The molecule has 3 heteroatoms. The van der Waals surface area contributed by atoms with Crippen LogP contribution < -0.4 is 5.32 Å². The van der Waals surface area contributed by atoms with Crippen LogP contribution in [0.4, 0.5) is 4.39 Å². The van der Waals surface area contributed by atoms with Gasteiger partial charge in [0.1, 0.15) is 5.82 Å². The van der Waals surface area contributed by atoms with Gasteiger partial charge in [0.2, 0.25) is 0 Å². The molecule has 1 fully saturated rings. The average Bonchev–Trinajstić information content (AvgIpc) is 2.65. The summed E-state index contributed by atoms with van der Waals surface area (Å²) < 4.78 is 13.5. The van der Waals surface area contributed by atoms with Gasteiger partial charge in [-0.2, -0.15) is 0 Å². The van der Waals surface area contributed by atoms with E-state index in [0.29, 0.717) is 18.2 Å². The van der Waals surface area contributed by atoms with E-state index in [1.54, 1.807) is 18.2 Å². The molecule has 2 rings (SSSR count). The fourth-order valence-corrected chi connectivity index (χ4v) is 2.62. The largest absolute Gasteiger partial charge is 0.387 e. The van der Waals surface area contributed by atoms with E-state index < -0.39 is 6.10 Å². The Kier molecular flexibility index (Phi) is 5.14. The lowest BCUT2D eigenvalue weighted by Gasteiger charge is -2.19. The molecule has 100 valence electrons. The highest BCUT2D eigenvalue weighted by atomic mass is 19.1. The van der Waals surface area contributed by atoms with Crippen molar-refractivity contribution in [1.82, 2.24) is 5.32 Å². The molecule has 0 bridgehead atoms. The van der Waals surface area contributed by atoms with E-state index in [1.807, 2.05) is 0 Å². The minimum absolute atomic E-state index is 0.326. The molecule has 1 aromatic carbocycles. The maximum atomic E-state index is 13.5. The van der Waals surface area contributed by atoms with Crippen LogP contribution in [0.25, 0.3) is 0 Å². The monoisotopic (exact) mass is 251 g/mol. The van der Waals surface area contributed by atoms with E-state index in [2.05, 4.69) is 5.32 Å². The van der Waals surface area contributed by atoms with Crippen LogP contribution in [0.5, 0.6) is 0 Å². The number of aliphatic hydroxyl groups excluding tert-OH is 1. The Bertz CT molecular complexity index is 361. The van der Waals surface area contributed by atoms with Gasteiger partial charge in [0.15, 0.2) is 0 Å². The summed E-state index contributed by atoms with van der Waals surface area (Å²) in [6.07, 6.45) is 6.73. The summed E-state index contributed by atoms with van der Waals surface area (Å²) in [7, 11) is 0. The zero-order valence-electron chi connectivity index (χ0n) is 10.7. The van der Waals surface area contributed by atoms with Gasteiger partial charge in [0.25, 0.3) is 0 Å². The predicted molar refractivity (Wildman–Crippen MR) is 70.9 cm³/mol. The molecule has 2 nitrogen and oxygen atoms in total. The normalized spacial score (nSPS) is 19.4. The van der Waals surface area contributed by atoms with Gasteiger partial charge in [-0.3, -0.25) is 0 Å². The first kappa shape index (κ1) is 13.5. The van der Waals surface area contributed by atoms with Crippen molar-refractivity contribution in [2.75, 3.05) is 6.54 Å². The van der Waals surface area contributed by atoms with E-state index in [1.165, 1.54) is 44.6 Å². The fourth-order valence-electron chi connectivity index (χ4n) is 2.62. The molecule has 1 aliphatic rings. The van der Waals surface area contributed by atoms with Crippen molar-refractivity contribution >= 4 is 0 Å². The molecular formula is C15H22FNO. The van der Waals surface area contributed by atoms with E-state index in [4.69, 9.17) is 0 Å².